The zero-order valence-corrected chi connectivity index (χ0v) is 11.1. The van der Waals surface area contributed by atoms with E-state index in [0.717, 1.165) is 0 Å². The van der Waals surface area contributed by atoms with Crippen molar-refractivity contribution in [2.24, 2.45) is 0 Å². The lowest BCUT2D eigenvalue weighted by molar-refractivity contribution is -0.141. The van der Waals surface area contributed by atoms with Crippen LogP contribution in [0.4, 0.5) is 5.69 Å². The summed E-state index contributed by atoms with van der Waals surface area (Å²) in [5.41, 5.74) is 1.08. The lowest BCUT2D eigenvalue weighted by atomic mass is 10.1. The second-order valence-electron chi connectivity index (χ2n) is 3.87. The number of hydrogen-bond acceptors (Lipinski definition) is 4. The highest BCUT2D eigenvalue weighted by molar-refractivity contribution is 9.10. The van der Waals surface area contributed by atoms with Crippen molar-refractivity contribution in [3.63, 3.8) is 0 Å². The predicted octanol–water partition coefficient (Wildman–Crippen LogP) is 1.61. The van der Waals surface area contributed by atoms with Crippen LogP contribution in [0, 0.1) is 11.3 Å². The van der Waals surface area contributed by atoms with Gasteiger partial charge in [0.1, 0.15) is 6.07 Å². The highest BCUT2D eigenvalue weighted by Crippen LogP contribution is 2.29. The van der Waals surface area contributed by atoms with Gasteiger partial charge in [-0.3, -0.25) is 0 Å². The summed E-state index contributed by atoms with van der Waals surface area (Å²) in [5.74, 6) is -0.946. The van der Waals surface area contributed by atoms with Gasteiger partial charge < -0.3 is 14.7 Å². The first-order valence-electron chi connectivity index (χ1n) is 5.41. The minimum Gasteiger partial charge on any atom is -0.480 e. The van der Waals surface area contributed by atoms with Gasteiger partial charge >= 0.3 is 5.97 Å². The van der Waals surface area contributed by atoms with E-state index in [1.807, 2.05) is 0 Å². The molecule has 0 bridgehead atoms. The molecule has 1 fully saturated rings. The first-order valence-corrected chi connectivity index (χ1v) is 6.20. The average molecular weight is 311 g/mol. The van der Waals surface area contributed by atoms with Crippen LogP contribution >= 0.6 is 15.9 Å². The van der Waals surface area contributed by atoms with Crippen LogP contribution in [-0.4, -0.2) is 36.9 Å². The Hall–Kier alpha value is -1.58. The summed E-state index contributed by atoms with van der Waals surface area (Å²) in [6.45, 7) is 1.05. The maximum absolute atomic E-state index is 11.2. The lowest BCUT2D eigenvalue weighted by Gasteiger charge is -2.35. The van der Waals surface area contributed by atoms with Crippen molar-refractivity contribution in [3.8, 4) is 6.07 Å². The average Bonchev–Trinajstić information content (AvgIpc) is 2.38. The van der Waals surface area contributed by atoms with E-state index in [0.29, 0.717) is 28.9 Å². The Morgan fingerprint density at radius 3 is 3.06 bits per heavy atom. The number of halogens is 1. The molecule has 1 unspecified atom stereocenters. The number of ether oxygens (including phenoxy) is 1. The van der Waals surface area contributed by atoms with E-state index in [1.165, 1.54) is 0 Å². The summed E-state index contributed by atoms with van der Waals surface area (Å²) >= 11 is 3.30. The number of benzene rings is 1. The summed E-state index contributed by atoms with van der Waals surface area (Å²) in [7, 11) is 0. The van der Waals surface area contributed by atoms with Crippen LogP contribution in [0.25, 0.3) is 0 Å². The summed E-state index contributed by atoms with van der Waals surface area (Å²) in [4.78, 5) is 12.9. The monoisotopic (exact) mass is 310 g/mol. The van der Waals surface area contributed by atoms with Crippen LogP contribution in [0.5, 0.6) is 0 Å². The molecular formula is C12H11BrN2O3. The third-order valence-corrected chi connectivity index (χ3v) is 3.49. The number of anilines is 1. The van der Waals surface area contributed by atoms with Gasteiger partial charge in [-0.25, -0.2) is 4.79 Å². The Morgan fingerprint density at radius 2 is 2.39 bits per heavy atom. The maximum Gasteiger partial charge on any atom is 0.328 e. The number of carbonyl (C=O) groups is 1. The van der Waals surface area contributed by atoms with E-state index in [1.54, 1.807) is 23.1 Å². The molecule has 18 heavy (non-hydrogen) atoms. The Labute approximate surface area is 113 Å². The smallest absolute Gasteiger partial charge is 0.328 e. The first kappa shape index (κ1) is 12.9. The molecular weight excluding hydrogens is 300 g/mol. The fourth-order valence-corrected chi connectivity index (χ4v) is 2.40. The van der Waals surface area contributed by atoms with E-state index in [4.69, 9.17) is 10.00 Å². The molecule has 0 amide bonds. The SMILES string of the molecule is N#Cc1c(Br)cccc1N1CCOCC1C(=O)O. The summed E-state index contributed by atoms with van der Waals surface area (Å²) in [5, 5.41) is 18.4. The predicted molar refractivity (Wildman–Crippen MR) is 68.4 cm³/mol. The van der Waals surface area contributed by atoms with Crippen molar-refractivity contribution in [3.05, 3.63) is 28.2 Å². The zero-order valence-electron chi connectivity index (χ0n) is 9.47. The minimum atomic E-state index is -0.946. The van der Waals surface area contributed by atoms with Gasteiger partial charge in [-0.15, -0.1) is 0 Å². The van der Waals surface area contributed by atoms with Crippen LogP contribution in [0.2, 0.25) is 0 Å². The number of carboxylic acids is 1. The van der Waals surface area contributed by atoms with Crippen molar-refractivity contribution in [1.29, 1.82) is 5.26 Å². The van der Waals surface area contributed by atoms with Gasteiger partial charge in [0, 0.05) is 11.0 Å². The lowest BCUT2D eigenvalue weighted by Crippen LogP contribution is -2.50. The molecule has 1 aliphatic rings. The molecule has 5 nitrogen and oxygen atoms in total. The van der Waals surface area contributed by atoms with Crippen molar-refractivity contribution in [2.45, 2.75) is 6.04 Å². The molecule has 2 rings (SSSR count). The molecule has 94 valence electrons. The molecule has 1 saturated heterocycles. The molecule has 0 aliphatic carbocycles. The van der Waals surface area contributed by atoms with Gasteiger partial charge in [0.05, 0.1) is 24.5 Å². The van der Waals surface area contributed by atoms with Crippen LogP contribution < -0.4 is 4.90 Å². The number of nitrogens with zero attached hydrogens (tertiary/aromatic N) is 2. The minimum absolute atomic E-state index is 0.132. The van der Waals surface area contributed by atoms with Gasteiger partial charge in [-0.1, -0.05) is 6.07 Å². The molecule has 1 N–H and O–H groups in total. The Bertz CT molecular complexity index is 513. The largest absolute Gasteiger partial charge is 0.480 e. The standard InChI is InChI=1S/C12H11BrN2O3/c13-9-2-1-3-10(8(9)6-14)15-4-5-18-7-11(15)12(16)17/h1-3,11H,4-5,7H2,(H,16,17). The normalized spacial score (nSPS) is 19.3. The number of hydrogen-bond donors (Lipinski definition) is 1. The first-order chi connectivity index (χ1) is 8.65. The molecule has 1 aliphatic heterocycles. The highest BCUT2D eigenvalue weighted by Gasteiger charge is 2.31. The van der Waals surface area contributed by atoms with E-state index in [2.05, 4.69) is 22.0 Å². The third kappa shape index (κ3) is 2.33. The van der Waals surface area contributed by atoms with Crippen LogP contribution in [0.3, 0.4) is 0 Å². The molecule has 0 aromatic heterocycles. The van der Waals surface area contributed by atoms with Crippen molar-refractivity contribution in [2.75, 3.05) is 24.7 Å². The van der Waals surface area contributed by atoms with Gasteiger partial charge in [0.2, 0.25) is 0 Å². The van der Waals surface area contributed by atoms with Gasteiger partial charge in [-0.2, -0.15) is 5.26 Å². The highest BCUT2D eigenvalue weighted by atomic mass is 79.9. The Balaban J connectivity index is 2.43. The summed E-state index contributed by atoms with van der Waals surface area (Å²) in [6, 6.07) is 6.65. The molecule has 1 aromatic carbocycles. The molecule has 1 aromatic rings. The number of morpholine rings is 1. The maximum atomic E-state index is 11.2. The second-order valence-corrected chi connectivity index (χ2v) is 4.72. The van der Waals surface area contributed by atoms with E-state index in [9.17, 15) is 9.90 Å². The van der Waals surface area contributed by atoms with Gasteiger partial charge in [0.25, 0.3) is 0 Å². The zero-order chi connectivity index (χ0) is 13.1. The van der Waals surface area contributed by atoms with Gasteiger partial charge in [-0.05, 0) is 28.1 Å². The van der Waals surface area contributed by atoms with Crippen LogP contribution in [0.15, 0.2) is 22.7 Å². The molecule has 1 heterocycles. The van der Waals surface area contributed by atoms with E-state index >= 15 is 0 Å². The number of carboxylic acid groups (broad SMARTS) is 1. The molecule has 1 atom stereocenters. The van der Waals surface area contributed by atoms with Crippen molar-refractivity contribution in [1.82, 2.24) is 0 Å². The molecule has 0 spiro atoms. The van der Waals surface area contributed by atoms with E-state index < -0.39 is 12.0 Å². The molecule has 0 radical (unpaired) electrons. The number of rotatable bonds is 2. The quantitative estimate of drug-likeness (QED) is 0.898. The second kappa shape index (κ2) is 5.38. The summed E-state index contributed by atoms with van der Waals surface area (Å²) < 4.78 is 5.85. The van der Waals surface area contributed by atoms with Crippen molar-refractivity contribution < 1.29 is 14.6 Å². The number of aliphatic carboxylic acids is 1. The Morgan fingerprint density at radius 1 is 1.61 bits per heavy atom. The topological polar surface area (TPSA) is 73.6 Å². The third-order valence-electron chi connectivity index (χ3n) is 2.83. The van der Waals surface area contributed by atoms with Crippen LogP contribution in [-0.2, 0) is 9.53 Å². The van der Waals surface area contributed by atoms with Crippen LogP contribution in [0.1, 0.15) is 5.56 Å². The van der Waals surface area contributed by atoms with E-state index in [-0.39, 0.29) is 6.61 Å². The number of nitriles is 1. The fourth-order valence-electron chi connectivity index (χ4n) is 1.96. The molecule has 6 heteroatoms. The summed E-state index contributed by atoms with van der Waals surface area (Å²) in [6.07, 6.45) is 0. The Kier molecular flexibility index (Phi) is 3.84. The van der Waals surface area contributed by atoms with Gasteiger partial charge in [0.15, 0.2) is 6.04 Å². The molecule has 0 saturated carbocycles. The fraction of sp³-hybridized carbons (Fsp3) is 0.333. The van der Waals surface area contributed by atoms with Crippen molar-refractivity contribution >= 4 is 27.6 Å².